The van der Waals surface area contributed by atoms with E-state index in [1.807, 2.05) is 43.3 Å². The fourth-order valence-corrected chi connectivity index (χ4v) is 2.99. The summed E-state index contributed by atoms with van der Waals surface area (Å²) >= 11 is 1.58. The van der Waals surface area contributed by atoms with Gasteiger partial charge in [-0.15, -0.1) is 11.3 Å². The molecular formula is C17H14FNOS. The first-order chi connectivity index (χ1) is 10.2. The van der Waals surface area contributed by atoms with Crippen molar-refractivity contribution in [1.82, 2.24) is 0 Å². The van der Waals surface area contributed by atoms with Crippen molar-refractivity contribution < 1.29 is 9.23 Å². The van der Waals surface area contributed by atoms with E-state index in [4.69, 9.17) is 4.84 Å². The van der Waals surface area contributed by atoms with Crippen LogP contribution in [0.2, 0.25) is 0 Å². The number of halogens is 1. The molecule has 0 aliphatic rings. The second-order valence-electron chi connectivity index (χ2n) is 4.73. The highest BCUT2D eigenvalue weighted by Gasteiger charge is 2.06. The molecule has 106 valence electrons. The fraction of sp³-hybridized carbons (Fsp3) is 0.118. The number of benzene rings is 2. The summed E-state index contributed by atoms with van der Waals surface area (Å²) in [5, 5.41) is 5.04. The van der Waals surface area contributed by atoms with E-state index < -0.39 is 0 Å². The minimum atomic E-state index is -0.221. The molecule has 0 radical (unpaired) electrons. The monoisotopic (exact) mass is 299 g/mol. The molecule has 0 aliphatic carbocycles. The van der Waals surface area contributed by atoms with Crippen molar-refractivity contribution in [3.8, 4) is 0 Å². The van der Waals surface area contributed by atoms with Gasteiger partial charge in [-0.1, -0.05) is 35.5 Å². The van der Waals surface area contributed by atoms with Crippen molar-refractivity contribution in [3.63, 3.8) is 0 Å². The zero-order chi connectivity index (χ0) is 14.7. The maximum atomic E-state index is 13.2. The molecule has 0 unspecified atom stereocenters. The minimum absolute atomic E-state index is 0.221. The topological polar surface area (TPSA) is 21.6 Å². The molecule has 0 saturated heterocycles. The average Bonchev–Trinajstić information content (AvgIpc) is 2.91. The van der Waals surface area contributed by atoms with Crippen LogP contribution in [0.25, 0.3) is 10.1 Å². The number of nitrogens with zero attached hydrogens (tertiary/aromatic N) is 1. The molecule has 21 heavy (non-hydrogen) atoms. The van der Waals surface area contributed by atoms with Gasteiger partial charge >= 0.3 is 0 Å². The summed E-state index contributed by atoms with van der Waals surface area (Å²) in [6.07, 6.45) is 0. The third-order valence-electron chi connectivity index (χ3n) is 3.11. The molecule has 0 spiro atoms. The van der Waals surface area contributed by atoms with Crippen LogP contribution >= 0.6 is 11.3 Å². The van der Waals surface area contributed by atoms with Crippen molar-refractivity contribution in [3.05, 3.63) is 70.9 Å². The van der Waals surface area contributed by atoms with Crippen LogP contribution in [0.15, 0.2) is 59.8 Å². The number of thiophene rings is 1. The Morgan fingerprint density at radius 1 is 1.14 bits per heavy atom. The van der Waals surface area contributed by atoms with E-state index in [2.05, 4.69) is 5.16 Å². The second kappa shape index (κ2) is 6.06. The van der Waals surface area contributed by atoms with Gasteiger partial charge in [0.15, 0.2) is 0 Å². The van der Waals surface area contributed by atoms with Gasteiger partial charge in [0.05, 0.1) is 10.6 Å². The van der Waals surface area contributed by atoms with E-state index in [1.165, 1.54) is 12.1 Å². The Bertz CT molecular complexity index is 780. The van der Waals surface area contributed by atoms with Crippen molar-refractivity contribution in [2.24, 2.45) is 5.16 Å². The lowest BCUT2D eigenvalue weighted by atomic mass is 10.2. The smallest absolute Gasteiger partial charge is 0.142 e. The Morgan fingerprint density at radius 3 is 2.76 bits per heavy atom. The van der Waals surface area contributed by atoms with Crippen molar-refractivity contribution in [2.45, 2.75) is 13.5 Å². The molecule has 0 saturated carbocycles. The van der Waals surface area contributed by atoms with Gasteiger partial charge < -0.3 is 4.84 Å². The van der Waals surface area contributed by atoms with Gasteiger partial charge in [-0.25, -0.2) is 4.39 Å². The largest absolute Gasteiger partial charge is 0.391 e. The van der Waals surface area contributed by atoms with Gasteiger partial charge in [0.25, 0.3) is 0 Å². The van der Waals surface area contributed by atoms with Crippen LogP contribution < -0.4 is 0 Å². The van der Waals surface area contributed by atoms with Crippen LogP contribution in [-0.4, -0.2) is 5.71 Å². The Hall–Kier alpha value is -2.20. The number of rotatable bonds is 4. The van der Waals surface area contributed by atoms with Gasteiger partial charge in [0.2, 0.25) is 0 Å². The maximum absolute atomic E-state index is 13.2. The molecule has 2 nitrogen and oxygen atoms in total. The molecule has 3 rings (SSSR count). The summed E-state index contributed by atoms with van der Waals surface area (Å²) in [6, 6.07) is 16.6. The van der Waals surface area contributed by atoms with Crippen LogP contribution in [0.1, 0.15) is 17.4 Å². The SMILES string of the molecule is C/C(=N\OCc1ccccc1)c1cc2cc(F)ccc2s1. The minimum Gasteiger partial charge on any atom is -0.391 e. The van der Waals surface area contributed by atoms with Gasteiger partial charge in [-0.05, 0) is 42.1 Å². The van der Waals surface area contributed by atoms with Gasteiger partial charge in [0.1, 0.15) is 12.4 Å². The molecule has 2 aromatic carbocycles. The van der Waals surface area contributed by atoms with Crippen LogP contribution in [0.5, 0.6) is 0 Å². The van der Waals surface area contributed by atoms with E-state index in [-0.39, 0.29) is 5.82 Å². The molecule has 1 aromatic heterocycles. The highest BCUT2D eigenvalue weighted by Crippen LogP contribution is 2.26. The highest BCUT2D eigenvalue weighted by molar-refractivity contribution is 7.20. The summed E-state index contributed by atoms with van der Waals surface area (Å²) in [6.45, 7) is 2.34. The lowest BCUT2D eigenvalue weighted by Crippen LogP contribution is -1.93. The van der Waals surface area contributed by atoms with Crippen LogP contribution in [0.3, 0.4) is 0 Å². The molecule has 0 aliphatic heterocycles. The summed E-state index contributed by atoms with van der Waals surface area (Å²) in [4.78, 5) is 6.37. The molecule has 1 heterocycles. The zero-order valence-electron chi connectivity index (χ0n) is 11.5. The van der Waals surface area contributed by atoms with E-state index in [0.717, 1.165) is 26.2 Å². The van der Waals surface area contributed by atoms with Gasteiger partial charge in [0, 0.05) is 4.70 Å². The second-order valence-corrected chi connectivity index (χ2v) is 5.81. The normalized spacial score (nSPS) is 11.8. The number of oxime groups is 1. The van der Waals surface area contributed by atoms with Crippen molar-refractivity contribution >= 4 is 27.1 Å². The van der Waals surface area contributed by atoms with E-state index in [9.17, 15) is 4.39 Å². The summed E-state index contributed by atoms with van der Waals surface area (Å²) in [7, 11) is 0. The molecule has 0 amide bonds. The zero-order valence-corrected chi connectivity index (χ0v) is 12.4. The Morgan fingerprint density at radius 2 is 1.95 bits per heavy atom. The van der Waals surface area contributed by atoms with E-state index in [1.54, 1.807) is 17.4 Å². The molecule has 0 N–H and O–H groups in total. The van der Waals surface area contributed by atoms with Crippen LogP contribution in [0, 0.1) is 5.82 Å². The predicted molar refractivity (Wildman–Crippen MR) is 85.2 cm³/mol. The predicted octanol–water partition coefficient (Wildman–Crippen LogP) is 4.98. The Kier molecular flexibility index (Phi) is 3.97. The van der Waals surface area contributed by atoms with E-state index >= 15 is 0 Å². The van der Waals surface area contributed by atoms with Crippen molar-refractivity contribution in [1.29, 1.82) is 0 Å². The lowest BCUT2D eigenvalue weighted by Gasteiger charge is -2.00. The molecule has 3 aromatic rings. The fourth-order valence-electron chi connectivity index (χ4n) is 2.02. The molecule has 0 fully saturated rings. The lowest BCUT2D eigenvalue weighted by molar-refractivity contribution is 0.130. The number of fused-ring (bicyclic) bond motifs is 1. The molecule has 0 bridgehead atoms. The summed E-state index contributed by atoms with van der Waals surface area (Å²) < 4.78 is 14.2. The number of hydrogen-bond acceptors (Lipinski definition) is 3. The molecule has 0 atom stereocenters. The molecule has 4 heteroatoms. The Labute approximate surface area is 126 Å². The quantitative estimate of drug-likeness (QED) is 0.492. The van der Waals surface area contributed by atoms with E-state index in [0.29, 0.717) is 6.61 Å². The Balaban J connectivity index is 1.73. The third-order valence-corrected chi connectivity index (χ3v) is 4.34. The third kappa shape index (κ3) is 3.28. The van der Waals surface area contributed by atoms with Crippen LogP contribution in [-0.2, 0) is 11.4 Å². The van der Waals surface area contributed by atoms with Gasteiger partial charge in [-0.3, -0.25) is 0 Å². The summed E-state index contributed by atoms with van der Waals surface area (Å²) in [5.74, 6) is -0.221. The average molecular weight is 299 g/mol. The maximum Gasteiger partial charge on any atom is 0.142 e. The number of hydrogen-bond donors (Lipinski definition) is 0. The first kappa shape index (κ1) is 13.8. The highest BCUT2D eigenvalue weighted by atomic mass is 32.1. The summed E-state index contributed by atoms with van der Waals surface area (Å²) in [5.41, 5.74) is 1.88. The van der Waals surface area contributed by atoms with Crippen molar-refractivity contribution in [2.75, 3.05) is 0 Å². The first-order valence-corrected chi connectivity index (χ1v) is 7.44. The molecular weight excluding hydrogens is 285 g/mol. The van der Waals surface area contributed by atoms with Crippen LogP contribution in [0.4, 0.5) is 4.39 Å². The van der Waals surface area contributed by atoms with Gasteiger partial charge in [-0.2, -0.15) is 0 Å². The standard InChI is InChI=1S/C17H14FNOS/c1-12(19-20-11-13-5-3-2-4-6-13)17-10-14-9-15(18)7-8-16(14)21-17/h2-10H,11H2,1H3/b19-12+. The first-order valence-electron chi connectivity index (χ1n) is 6.62.